The van der Waals surface area contributed by atoms with Crippen LogP contribution in [0.15, 0.2) is 0 Å². The van der Waals surface area contributed by atoms with Crippen molar-refractivity contribution in [2.24, 2.45) is 5.73 Å². The van der Waals surface area contributed by atoms with Crippen molar-refractivity contribution in [2.45, 2.75) is 57.0 Å². The molecule has 1 amide bonds. The monoisotopic (exact) mass is 286 g/mol. The van der Waals surface area contributed by atoms with Gasteiger partial charge in [-0.15, -0.1) is 0 Å². The van der Waals surface area contributed by atoms with Crippen LogP contribution in [0.3, 0.4) is 0 Å². The number of likely N-dealkylation sites (tertiary alicyclic amines) is 1. The fourth-order valence-electron chi connectivity index (χ4n) is 2.81. The molecule has 0 spiro atoms. The zero-order chi connectivity index (χ0) is 15.3. The Labute approximate surface area is 117 Å². The first-order chi connectivity index (χ1) is 9.35. The number of carbonyl (C=O) groups is 3. The maximum atomic E-state index is 12.3. The van der Waals surface area contributed by atoms with Gasteiger partial charge in [-0.3, -0.25) is 9.59 Å². The van der Waals surface area contributed by atoms with Crippen LogP contribution in [-0.2, 0) is 14.4 Å². The molecular weight excluding hydrogens is 264 g/mol. The summed E-state index contributed by atoms with van der Waals surface area (Å²) >= 11 is 0. The van der Waals surface area contributed by atoms with E-state index in [0.717, 1.165) is 0 Å². The number of nitrogens with zero attached hydrogens (tertiary/aromatic N) is 1. The minimum Gasteiger partial charge on any atom is -0.481 e. The average molecular weight is 286 g/mol. The number of hydrogen-bond donors (Lipinski definition) is 3. The van der Waals surface area contributed by atoms with E-state index in [-0.39, 0.29) is 12.8 Å². The second-order valence-corrected chi connectivity index (χ2v) is 5.22. The third-order valence-electron chi connectivity index (χ3n) is 3.80. The van der Waals surface area contributed by atoms with Crippen molar-refractivity contribution < 1.29 is 24.6 Å². The molecular formula is C13H22N2O5. The van der Waals surface area contributed by atoms with E-state index in [1.807, 2.05) is 6.92 Å². The Morgan fingerprint density at radius 1 is 1.35 bits per heavy atom. The first-order valence-corrected chi connectivity index (χ1v) is 6.87. The van der Waals surface area contributed by atoms with Gasteiger partial charge in [0.1, 0.15) is 5.54 Å². The summed E-state index contributed by atoms with van der Waals surface area (Å²) in [5.41, 5.74) is 4.54. The van der Waals surface area contributed by atoms with Gasteiger partial charge in [-0.05, 0) is 25.7 Å². The van der Waals surface area contributed by atoms with Crippen molar-refractivity contribution in [1.82, 2.24) is 4.90 Å². The lowest BCUT2D eigenvalue weighted by Crippen LogP contribution is -2.57. The van der Waals surface area contributed by atoms with Crippen LogP contribution in [0.5, 0.6) is 0 Å². The molecule has 20 heavy (non-hydrogen) atoms. The summed E-state index contributed by atoms with van der Waals surface area (Å²) in [5.74, 6) is -2.48. The van der Waals surface area contributed by atoms with E-state index in [2.05, 4.69) is 0 Å². The highest BCUT2D eigenvalue weighted by molar-refractivity contribution is 5.90. The van der Waals surface area contributed by atoms with Gasteiger partial charge in [-0.1, -0.05) is 13.3 Å². The highest BCUT2D eigenvalue weighted by Gasteiger charge is 2.49. The molecule has 0 aromatic rings. The van der Waals surface area contributed by atoms with E-state index in [9.17, 15) is 19.5 Å². The molecule has 2 atom stereocenters. The van der Waals surface area contributed by atoms with Crippen LogP contribution in [0.1, 0.15) is 45.4 Å². The minimum atomic E-state index is -1.17. The summed E-state index contributed by atoms with van der Waals surface area (Å²) in [5, 5.41) is 18.1. The molecule has 0 aromatic heterocycles. The van der Waals surface area contributed by atoms with Gasteiger partial charge in [0, 0.05) is 13.0 Å². The van der Waals surface area contributed by atoms with E-state index in [1.54, 1.807) is 0 Å². The first kappa shape index (κ1) is 16.4. The van der Waals surface area contributed by atoms with Gasteiger partial charge in [-0.25, -0.2) is 4.79 Å². The van der Waals surface area contributed by atoms with Gasteiger partial charge in [0.25, 0.3) is 0 Å². The maximum absolute atomic E-state index is 12.3. The van der Waals surface area contributed by atoms with Gasteiger partial charge in [-0.2, -0.15) is 0 Å². The molecule has 1 saturated heterocycles. The number of carbonyl (C=O) groups excluding carboxylic acids is 1. The van der Waals surface area contributed by atoms with E-state index >= 15 is 0 Å². The predicted molar refractivity (Wildman–Crippen MR) is 71.1 cm³/mol. The number of rotatable bonds is 7. The largest absolute Gasteiger partial charge is 0.481 e. The van der Waals surface area contributed by atoms with Crippen LogP contribution in [0.25, 0.3) is 0 Å². The van der Waals surface area contributed by atoms with E-state index < -0.39 is 29.4 Å². The van der Waals surface area contributed by atoms with Crippen molar-refractivity contribution in [2.75, 3.05) is 6.54 Å². The van der Waals surface area contributed by atoms with Gasteiger partial charge >= 0.3 is 11.9 Å². The van der Waals surface area contributed by atoms with E-state index in [0.29, 0.717) is 32.2 Å². The molecule has 1 heterocycles. The lowest BCUT2D eigenvalue weighted by Gasteiger charge is -2.36. The van der Waals surface area contributed by atoms with E-state index in [4.69, 9.17) is 10.8 Å². The Morgan fingerprint density at radius 2 is 2.00 bits per heavy atom. The molecule has 1 aliphatic rings. The molecule has 1 fully saturated rings. The van der Waals surface area contributed by atoms with E-state index in [1.165, 1.54) is 4.90 Å². The Hall–Kier alpha value is -1.63. The molecule has 4 N–H and O–H groups in total. The topological polar surface area (TPSA) is 121 Å². The number of hydrogen-bond acceptors (Lipinski definition) is 4. The molecule has 114 valence electrons. The highest BCUT2D eigenvalue weighted by atomic mass is 16.4. The molecule has 7 nitrogen and oxygen atoms in total. The summed E-state index contributed by atoms with van der Waals surface area (Å²) < 4.78 is 0. The fraction of sp³-hybridized carbons (Fsp3) is 0.769. The van der Waals surface area contributed by atoms with Crippen molar-refractivity contribution in [3.63, 3.8) is 0 Å². The number of aliphatic carboxylic acids is 2. The third-order valence-corrected chi connectivity index (χ3v) is 3.80. The van der Waals surface area contributed by atoms with Crippen molar-refractivity contribution in [3.8, 4) is 0 Å². The molecule has 0 bridgehead atoms. The first-order valence-electron chi connectivity index (χ1n) is 6.87. The Balaban J connectivity index is 2.83. The van der Waals surface area contributed by atoms with Crippen LogP contribution in [0, 0.1) is 0 Å². The molecule has 0 aliphatic carbocycles. The third kappa shape index (κ3) is 3.27. The Kier molecular flexibility index (Phi) is 5.50. The quantitative estimate of drug-likeness (QED) is 0.624. The van der Waals surface area contributed by atoms with Crippen molar-refractivity contribution in [1.29, 1.82) is 0 Å². The summed E-state index contributed by atoms with van der Waals surface area (Å²) in [6, 6.07) is -0.959. The molecule has 0 radical (unpaired) electrons. The fourth-order valence-corrected chi connectivity index (χ4v) is 2.81. The predicted octanol–water partition coefficient (Wildman–Crippen LogP) is 0.424. The smallest absolute Gasteiger partial charge is 0.329 e. The number of carboxylic acid groups (broad SMARTS) is 2. The standard InChI is InChI=1S/C13H22N2O5/c1-2-6-13(12(19)20)7-3-8-15(13)11(18)9(14)4-5-10(16)17/h9H,2-8,14H2,1H3,(H,16,17)(H,19,20)/t9-,13-/m0/s1. The molecule has 0 saturated carbocycles. The zero-order valence-corrected chi connectivity index (χ0v) is 11.7. The number of nitrogens with two attached hydrogens (primary N) is 1. The van der Waals surface area contributed by atoms with Crippen LogP contribution >= 0.6 is 0 Å². The summed E-state index contributed by atoms with van der Waals surface area (Å²) in [7, 11) is 0. The molecule has 0 aromatic carbocycles. The molecule has 1 aliphatic heterocycles. The Morgan fingerprint density at radius 3 is 2.50 bits per heavy atom. The summed E-state index contributed by atoms with van der Waals surface area (Å²) in [4.78, 5) is 35.7. The zero-order valence-electron chi connectivity index (χ0n) is 11.7. The van der Waals surface area contributed by atoms with Gasteiger partial charge in [0.05, 0.1) is 6.04 Å². The van der Waals surface area contributed by atoms with Crippen LogP contribution < -0.4 is 5.73 Å². The lowest BCUT2D eigenvalue weighted by molar-refractivity contribution is -0.157. The van der Waals surface area contributed by atoms with Crippen LogP contribution in [0.2, 0.25) is 0 Å². The summed E-state index contributed by atoms with van der Waals surface area (Å²) in [6.45, 7) is 2.24. The maximum Gasteiger partial charge on any atom is 0.329 e. The number of amides is 1. The number of carboxylic acids is 2. The van der Waals surface area contributed by atoms with Crippen molar-refractivity contribution >= 4 is 17.8 Å². The minimum absolute atomic E-state index is 0.0203. The second-order valence-electron chi connectivity index (χ2n) is 5.22. The lowest BCUT2D eigenvalue weighted by atomic mass is 9.90. The normalized spacial score (nSPS) is 23.6. The van der Waals surface area contributed by atoms with Crippen LogP contribution in [0.4, 0.5) is 0 Å². The SMILES string of the molecule is CCC[C@@]1(C(=O)O)CCCN1C(=O)[C@@H](N)CCC(=O)O. The molecule has 7 heteroatoms. The second kappa shape index (κ2) is 6.69. The van der Waals surface area contributed by atoms with Gasteiger partial charge < -0.3 is 20.8 Å². The average Bonchev–Trinajstić information content (AvgIpc) is 2.80. The van der Waals surface area contributed by atoms with Crippen molar-refractivity contribution in [3.05, 3.63) is 0 Å². The molecule has 0 unspecified atom stereocenters. The van der Waals surface area contributed by atoms with Crippen LogP contribution in [-0.4, -0.2) is 51.1 Å². The Bertz CT molecular complexity index is 398. The van der Waals surface area contributed by atoms with Gasteiger partial charge in [0.15, 0.2) is 0 Å². The summed E-state index contributed by atoms with van der Waals surface area (Å²) in [6.07, 6.45) is 1.92. The molecule has 1 rings (SSSR count). The highest BCUT2D eigenvalue weighted by Crippen LogP contribution is 2.34. The van der Waals surface area contributed by atoms with Gasteiger partial charge in [0.2, 0.25) is 5.91 Å².